The number of nitrogens with zero attached hydrogens (tertiary/aromatic N) is 2. The van der Waals surface area contributed by atoms with E-state index in [1.54, 1.807) is 0 Å². The lowest BCUT2D eigenvalue weighted by atomic mass is 10.3. The van der Waals surface area contributed by atoms with Crippen LogP contribution in [0.2, 0.25) is 0 Å². The number of halogens is 3. The summed E-state index contributed by atoms with van der Waals surface area (Å²) in [7, 11) is 0. The fraction of sp³-hybridized carbons (Fsp3) is 0. The monoisotopic (exact) mass is 223 g/mol. The van der Waals surface area contributed by atoms with Crippen LogP contribution in [-0.2, 0) is 4.94 Å². The standard InChI is InChI=1S/C6H4F3N3O3/c7-3-1-4(8)6(9)5(2-3)11(10)15-12(13)14/h1-2H,10H2. The van der Waals surface area contributed by atoms with Gasteiger partial charge in [0.2, 0.25) is 0 Å². The number of nitrogens with two attached hydrogens (primary N) is 1. The van der Waals surface area contributed by atoms with Gasteiger partial charge in [-0.05, 0) is 0 Å². The summed E-state index contributed by atoms with van der Waals surface area (Å²) in [5, 5.41) is 8.26. The molecule has 0 spiro atoms. The van der Waals surface area contributed by atoms with Crippen LogP contribution in [0.5, 0.6) is 0 Å². The summed E-state index contributed by atoms with van der Waals surface area (Å²) in [5.74, 6) is 0.594. The van der Waals surface area contributed by atoms with Gasteiger partial charge in [-0.3, -0.25) is 0 Å². The van der Waals surface area contributed by atoms with E-state index < -0.39 is 28.2 Å². The third-order valence-electron chi connectivity index (χ3n) is 1.37. The highest BCUT2D eigenvalue weighted by Gasteiger charge is 2.17. The molecule has 82 valence electrons. The number of hydrogen-bond acceptors (Lipinski definition) is 5. The molecule has 0 aromatic heterocycles. The fourth-order valence-electron chi connectivity index (χ4n) is 0.819. The van der Waals surface area contributed by atoms with Gasteiger partial charge in [-0.2, -0.15) is 4.94 Å². The van der Waals surface area contributed by atoms with Crippen molar-refractivity contribution >= 4 is 5.69 Å². The second-order valence-electron chi connectivity index (χ2n) is 2.35. The lowest BCUT2D eigenvalue weighted by Gasteiger charge is -2.14. The highest BCUT2D eigenvalue weighted by atomic mass is 19.2. The minimum atomic E-state index is -1.55. The summed E-state index contributed by atoms with van der Waals surface area (Å²) in [5.41, 5.74) is -0.927. The van der Waals surface area contributed by atoms with Crippen molar-refractivity contribution in [1.82, 2.24) is 0 Å². The van der Waals surface area contributed by atoms with Gasteiger partial charge >= 0.3 is 5.09 Å². The van der Waals surface area contributed by atoms with E-state index in [1.807, 2.05) is 0 Å². The van der Waals surface area contributed by atoms with Gasteiger partial charge in [0.15, 0.2) is 11.6 Å². The van der Waals surface area contributed by atoms with E-state index in [1.165, 1.54) is 0 Å². The lowest BCUT2D eigenvalue weighted by molar-refractivity contribution is -0.762. The predicted octanol–water partition coefficient (Wildman–Crippen LogP) is 0.907. The van der Waals surface area contributed by atoms with Gasteiger partial charge in [0.25, 0.3) is 0 Å². The molecule has 0 fully saturated rings. The summed E-state index contributed by atoms with van der Waals surface area (Å²) >= 11 is 0. The SMILES string of the molecule is NN(O[N+](=O)[O-])c1cc(F)cc(F)c1F. The molecule has 1 rings (SSSR count). The van der Waals surface area contributed by atoms with Crippen molar-refractivity contribution in [2.45, 2.75) is 0 Å². The Bertz CT molecular complexity index is 401. The van der Waals surface area contributed by atoms with Crippen LogP contribution in [-0.4, -0.2) is 5.09 Å². The third-order valence-corrected chi connectivity index (χ3v) is 1.37. The summed E-state index contributed by atoms with van der Waals surface area (Å²) in [6.07, 6.45) is 0. The zero-order chi connectivity index (χ0) is 11.6. The Balaban J connectivity index is 3.07. The first kappa shape index (κ1) is 11.0. The molecule has 0 saturated carbocycles. The van der Waals surface area contributed by atoms with Gasteiger partial charge < -0.3 is 0 Å². The Labute approximate surface area is 80.7 Å². The largest absolute Gasteiger partial charge is 0.318 e. The molecular weight excluding hydrogens is 219 g/mol. The molecule has 1 aromatic carbocycles. The summed E-state index contributed by atoms with van der Waals surface area (Å²) in [6.45, 7) is 0. The first-order valence-corrected chi connectivity index (χ1v) is 3.43. The summed E-state index contributed by atoms with van der Waals surface area (Å²) in [6, 6.07) is 0.709. The highest BCUT2D eigenvalue weighted by molar-refractivity contribution is 5.44. The number of hydrogen-bond donors (Lipinski definition) is 1. The normalized spacial score (nSPS) is 9.87. The maximum atomic E-state index is 12.9. The number of hydrazine groups is 1. The van der Waals surface area contributed by atoms with Crippen molar-refractivity contribution in [2.75, 3.05) is 5.17 Å². The molecule has 0 aliphatic rings. The first-order chi connectivity index (χ1) is 6.91. The Morgan fingerprint density at radius 1 is 1.40 bits per heavy atom. The second kappa shape index (κ2) is 4.00. The number of anilines is 1. The Kier molecular flexibility index (Phi) is 2.95. The van der Waals surface area contributed by atoms with E-state index >= 15 is 0 Å². The van der Waals surface area contributed by atoms with Crippen LogP contribution < -0.4 is 11.0 Å². The number of benzene rings is 1. The van der Waals surface area contributed by atoms with Crippen molar-refractivity contribution in [3.63, 3.8) is 0 Å². The van der Waals surface area contributed by atoms with Gasteiger partial charge in [0, 0.05) is 12.1 Å². The molecule has 6 nitrogen and oxygen atoms in total. The molecule has 0 aliphatic heterocycles. The molecule has 0 saturated heterocycles. The van der Waals surface area contributed by atoms with E-state index in [4.69, 9.17) is 5.84 Å². The molecule has 9 heteroatoms. The van der Waals surface area contributed by atoms with Crippen LogP contribution in [0.25, 0.3) is 0 Å². The average Bonchev–Trinajstić information content (AvgIpc) is 2.09. The van der Waals surface area contributed by atoms with Crippen LogP contribution in [0.4, 0.5) is 18.9 Å². The van der Waals surface area contributed by atoms with Crippen LogP contribution in [0.15, 0.2) is 12.1 Å². The molecule has 0 aliphatic carbocycles. The van der Waals surface area contributed by atoms with Crippen LogP contribution in [0.1, 0.15) is 0 Å². The van der Waals surface area contributed by atoms with Crippen molar-refractivity contribution in [3.05, 3.63) is 39.7 Å². The van der Waals surface area contributed by atoms with E-state index in [0.717, 1.165) is 0 Å². The van der Waals surface area contributed by atoms with Gasteiger partial charge in [0.1, 0.15) is 11.5 Å². The van der Waals surface area contributed by atoms with Crippen LogP contribution in [0.3, 0.4) is 0 Å². The summed E-state index contributed by atoms with van der Waals surface area (Å²) in [4.78, 5) is 13.4. The first-order valence-electron chi connectivity index (χ1n) is 3.43. The van der Waals surface area contributed by atoms with Gasteiger partial charge in [-0.25, -0.2) is 19.0 Å². The molecule has 0 radical (unpaired) electrons. The molecular formula is C6H4F3N3O3. The van der Waals surface area contributed by atoms with E-state index in [0.29, 0.717) is 6.07 Å². The molecule has 0 unspecified atom stereocenters. The predicted molar refractivity (Wildman–Crippen MR) is 41.1 cm³/mol. The molecule has 15 heavy (non-hydrogen) atoms. The van der Waals surface area contributed by atoms with Crippen molar-refractivity contribution in [2.24, 2.45) is 5.84 Å². The second-order valence-corrected chi connectivity index (χ2v) is 2.35. The van der Waals surface area contributed by atoms with E-state index in [2.05, 4.69) is 4.94 Å². The van der Waals surface area contributed by atoms with Gasteiger partial charge in [0.05, 0.1) is 0 Å². The van der Waals surface area contributed by atoms with Crippen LogP contribution >= 0.6 is 0 Å². The van der Waals surface area contributed by atoms with Gasteiger partial charge in [-0.1, -0.05) is 0 Å². The molecule has 2 N–H and O–H groups in total. The molecule has 0 bridgehead atoms. The molecule has 1 aromatic rings. The molecule has 0 atom stereocenters. The summed E-state index contributed by atoms with van der Waals surface area (Å²) < 4.78 is 38.1. The Morgan fingerprint density at radius 2 is 2.00 bits per heavy atom. The van der Waals surface area contributed by atoms with Gasteiger partial charge in [-0.15, -0.1) is 15.3 Å². The quantitative estimate of drug-likeness (QED) is 0.356. The minimum Gasteiger partial charge on any atom is -0.223 e. The minimum absolute atomic E-state index is 0.193. The lowest BCUT2D eigenvalue weighted by Crippen LogP contribution is -2.34. The maximum Gasteiger partial charge on any atom is 0.318 e. The number of rotatable bonds is 3. The topological polar surface area (TPSA) is 81.6 Å². The molecule has 0 amide bonds. The van der Waals surface area contributed by atoms with Crippen molar-refractivity contribution < 1.29 is 23.2 Å². The zero-order valence-electron chi connectivity index (χ0n) is 6.99. The van der Waals surface area contributed by atoms with Crippen molar-refractivity contribution in [1.29, 1.82) is 0 Å². The fourth-order valence-corrected chi connectivity index (χ4v) is 0.819. The Morgan fingerprint density at radius 3 is 2.53 bits per heavy atom. The van der Waals surface area contributed by atoms with Crippen LogP contribution in [0, 0.1) is 27.6 Å². The molecule has 0 heterocycles. The van der Waals surface area contributed by atoms with Crippen molar-refractivity contribution in [3.8, 4) is 0 Å². The van der Waals surface area contributed by atoms with E-state index in [-0.39, 0.29) is 11.2 Å². The zero-order valence-corrected chi connectivity index (χ0v) is 6.99. The highest BCUT2D eigenvalue weighted by Crippen LogP contribution is 2.21. The van der Waals surface area contributed by atoms with E-state index in [9.17, 15) is 23.3 Å². The maximum absolute atomic E-state index is 12.9. The smallest absolute Gasteiger partial charge is 0.223 e. The Hall–Kier alpha value is -2.03. The third kappa shape index (κ3) is 2.47. The average molecular weight is 223 g/mol.